The van der Waals surface area contributed by atoms with E-state index in [2.05, 4.69) is 10.1 Å². The van der Waals surface area contributed by atoms with Gasteiger partial charge < -0.3 is 4.90 Å². The molecule has 0 amide bonds. The van der Waals surface area contributed by atoms with E-state index < -0.39 is 0 Å². The van der Waals surface area contributed by atoms with E-state index in [1.165, 1.54) is 0 Å². The molecule has 0 aliphatic heterocycles. The number of benzene rings is 1. The van der Waals surface area contributed by atoms with Gasteiger partial charge in [-0.15, -0.1) is 0 Å². The maximum Gasteiger partial charge on any atom is 0.211 e. The van der Waals surface area contributed by atoms with Gasteiger partial charge in [-0.3, -0.25) is 4.79 Å². The van der Waals surface area contributed by atoms with E-state index in [0.29, 0.717) is 12.0 Å². The lowest BCUT2D eigenvalue weighted by molar-refractivity contribution is 0.0972. The van der Waals surface area contributed by atoms with Crippen LogP contribution in [0.2, 0.25) is 0 Å². The van der Waals surface area contributed by atoms with Crippen LogP contribution >= 0.6 is 11.3 Å². The maximum absolute atomic E-state index is 12.3. The minimum Gasteiger partial charge on any atom is -0.309 e. The van der Waals surface area contributed by atoms with Crippen molar-refractivity contribution in [2.45, 2.75) is 13.3 Å². The molecule has 0 radical (unpaired) electrons. The second-order valence-corrected chi connectivity index (χ2v) is 6.51. The van der Waals surface area contributed by atoms with Crippen molar-refractivity contribution >= 4 is 27.3 Å². The molecule has 0 saturated heterocycles. The lowest BCUT2D eigenvalue weighted by Crippen LogP contribution is -2.17. The van der Waals surface area contributed by atoms with Crippen LogP contribution in [0.1, 0.15) is 22.5 Å². The summed E-state index contributed by atoms with van der Waals surface area (Å²) in [5.41, 5.74) is 2.49. The summed E-state index contributed by atoms with van der Waals surface area (Å²) in [6, 6.07) is 7.99. The normalized spacial score (nSPS) is 11.5. The summed E-state index contributed by atoms with van der Waals surface area (Å²) in [5.74, 6) is 0.124. The van der Waals surface area contributed by atoms with Crippen molar-refractivity contribution in [1.29, 1.82) is 0 Å². The standard InChI is InChI=1S/C16H18N4OS/c1-11-12(14(21)8-9-19(2)3)10-17-20(11)16-18-13-6-4-5-7-15(13)22-16/h4-7,10H,8-9H2,1-3H3. The SMILES string of the molecule is Cc1c(C(=O)CCN(C)C)cnn1-c1nc2ccccc2s1. The lowest BCUT2D eigenvalue weighted by Gasteiger charge is -2.07. The van der Waals surface area contributed by atoms with Crippen molar-refractivity contribution < 1.29 is 4.79 Å². The molecule has 5 nitrogen and oxygen atoms in total. The van der Waals surface area contributed by atoms with Gasteiger partial charge in [0.2, 0.25) is 5.13 Å². The first kappa shape index (κ1) is 14.9. The molecule has 2 heterocycles. The third-order valence-electron chi connectivity index (χ3n) is 3.56. The van der Waals surface area contributed by atoms with Crippen molar-refractivity contribution in [3.63, 3.8) is 0 Å². The van der Waals surface area contributed by atoms with Gasteiger partial charge in [-0.2, -0.15) is 5.10 Å². The molecule has 0 aliphatic rings. The number of nitrogens with zero attached hydrogens (tertiary/aromatic N) is 4. The fraction of sp³-hybridized carbons (Fsp3) is 0.312. The second kappa shape index (κ2) is 5.98. The zero-order chi connectivity index (χ0) is 15.7. The van der Waals surface area contributed by atoms with Gasteiger partial charge in [0.25, 0.3) is 0 Å². The highest BCUT2D eigenvalue weighted by molar-refractivity contribution is 7.20. The molecule has 0 saturated carbocycles. The van der Waals surface area contributed by atoms with Gasteiger partial charge in [-0.1, -0.05) is 23.5 Å². The highest BCUT2D eigenvalue weighted by Crippen LogP contribution is 2.25. The molecule has 2 aromatic heterocycles. The Hall–Kier alpha value is -2.05. The van der Waals surface area contributed by atoms with E-state index >= 15 is 0 Å². The first-order valence-electron chi connectivity index (χ1n) is 7.15. The number of Topliss-reactive ketones (excluding diaryl/α,β-unsaturated/α-hetero) is 1. The van der Waals surface area contributed by atoms with E-state index in [4.69, 9.17) is 0 Å². The van der Waals surface area contributed by atoms with Gasteiger partial charge >= 0.3 is 0 Å². The number of thiazole rings is 1. The van der Waals surface area contributed by atoms with Crippen molar-refractivity contribution in [2.24, 2.45) is 0 Å². The Bertz CT molecular complexity index is 786. The zero-order valence-corrected chi connectivity index (χ0v) is 13.7. The Labute approximate surface area is 133 Å². The summed E-state index contributed by atoms with van der Waals surface area (Å²) in [6.07, 6.45) is 2.15. The number of ketones is 1. The van der Waals surface area contributed by atoms with Crippen LogP contribution in [0, 0.1) is 6.92 Å². The molecular formula is C16H18N4OS. The average Bonchev–Trinajstić information content (AvgIpc) is 3.07. The van der Waals surface area contributed by atoms with E-state index in [1.807, 2.05) is 50.2 Å². The third-order valence-corrected chi connectivity index (χ3v) is 4.57. The number of fused-ring (bicyclic) bond motifs is 1. The quantitative estimate of drug-likeness (QED) is 0.680. The second-order valence-electron chi connectivity index (χ2n) is 5.50. The van der Waals surface area contributed by atoms with Gasteiger partial charge in [0.1, 0.15) is 0 Å². The van der Waals surface area contributed by atoms with Crippen molar-refractivity contribution in [2.75, 3.05) is 20.6 Å². The Morgan fingerprint density at radius 2 is 2.09 bits per heavy atom. The predicted molar refractivity (Wildman–Crippen MR) is 89.0 cm³/mol. The molecule has 0 aliphatic carbocycles. The largest absolute Gasteiger partial charge is 0.309 e. The van der Waals surface area contributed by atoms with Gasteiger partial charge in [-0.25, -0.2) is 9.67 Å². The van der Waals surface area contributed by atoms with Crippen LogP contribution in [0.15, 0.2) is 30.5 Å². The highest BCUT2D eigenvalue weighted by Gasteiger charge is 2.17. The molecule has 0 N–H and O–H groups in total. The molecule has 22 heavy (non-hydrogen) atoms. The number of carbonyl (C=O) groups is 1. The average molecular weight is 314 g/mol. The predicted octanol–water partition coefficient (Wildman–Crippen LogP) is 2.92. The number of rotatable bonds is 5. The van der Waals surface area contributed by atoms with Crippen LogP contribution < -0.4 is 0 Å². The number of hydrogen-bond acceptors (Lipinski definition) is 5. The molecule has 3 rings (SSSR count). The molecular weight excluding hydrogens is 296 g/mol. The van der Waals surface area contributed by atoms with Gasteiger partial charge in [-0.05, 0) is 33.2 Å². The minimum absolute atomic E-state index is 0.124. The van der Waals surface area contributed by atoms with Crippen molar-refractivity contribution in [1.82, 2.24) is 19.7 Å². The van der Waals surface area contributed by atoms with Crippen molar-refractivity contribution in [3.05, 3.63) is 41.7 Å². The summed E-state index contributed by atoms with van der Waals surface area (Å²) < 4.78 is 2.88. The minimum atomic E-state index is 0.124. The summed E-state index contributed by atoms with van der Waals surface area (Å²) in [5, 5.41) is 5.16. The Morgan fingerprint density at radius 3 is 2.82 bits per heavy atom. The summed E-state index contributed by atoms with van der Waals surface area (Å²) in [7, 11) is 3.93. The Balaban J connectivity index is 1.91. The summed E-state index contributed by atoms with van der Waals surface area (Å²) >= 11 is 1.58. The molecule has 1 aromatic carbocycles. The molecule has 0 atom stereocenters. The van der Waals surface area contributed by atoms with E-state index in [1.54, 1.807) is 22.2 Å². The molecule has 0 spiro atoms. The lowest BCUT2D eigenvalue weighted by atomic mass is 10.1. The van der Waals surface area contributed by atoms with E-state index in [9.17, 15) is 4.79 Å². The van der Waals surface area contributed by atoms with Gasteiger partial charge in [0, 0.05) is 13.0 Å². The monoisotopic (exact) mass is 314 g/mol. The number of carbonyl (C=O) groups excluding carboxylic acids is 1. The zero-order valence-electron chi connectivity index (χ0n) is 12.9. The van der Waals surface area contributed by atoms with E-state index in [-0.39, 0.29) is 5.78 Å². The molecule has 3 aromatic rings. The fourth-order valence-corrected chi connectivity index (χ4v) is 3.26. The molecule has 0 unspecified atom stereocenters. The van der Waals surface area contributed by atoms with Crippen LogP contribution in [-0.2, 0) is 0 Å². The molecule has 0 fully saturated rings. The number of para-hydroxylation sites is 1. The van der Waals surface area contributed by atoms with Crippen molar-refractivity contribution in [3.8, 4) is 5.13 Å². The first-order chi connectivity index (χ1) is 10.6. The molecule has 6 heteroatoms. The summed E-state index contributed by atoms with van der Waals surface area (Å²) in [6.45, 7) is 2.66. The van der Waals surface area contributed by atoms with Gasteiger partial charge in [0.05, 0.1) is 27.7 Å². The topological polar surface area (TPSA) is 51.0 Å². The first-order valence-corrected chi connectivity index (χ1v) is 7.96. The molecule has 0 bridgehead atoms. The van der Waals surface area contributed by atoms with Gasteiger partial charge in [0.15, 0.2) is 5.78 Å². The van der Waals surface area contributed by atoms with Crippen LogP contribution in [0.4, 0.5) is 0 Å². The van der Waals surface area contributed by atoms with Crippen LogP contribution in [0.3, 0.4) is 0 Å². The van der Waals surface area contributed by atoms with E-state index in [0.717, 1.165) is 27.6 Å². The van der Waals surface area contributed by atoms with Crippen LogP contribution in [-0.4, -0.2) is 46.1 Å². The Kier molecular flexibility index (Phi) is 4.04. The van der Waals surface area contributed by atoms with Crippen LogP contribution in [0.25, 0.3) is 15.3 Å². The third kappa shape index (κ3) is 2.80. The maximum atomic E-state index is 12.3. The molecule has 114 valence electrons. The summed E-state index contributed by atoms with van der Waals surface area (Å²) in [4.78, 5) is 18.9. The highest BCUT2D eigenvalue weighted by atomic mass is 32.1. The number of hydrogen-bond donors (Lipinski definition) is 0. The Morgan fingerprint density at radius 1 is 1.32 bits per heavy atom. The fourth-order valence-electron chi connectivity index (χ4n) is 2.29. The number of aromatic nitrogens is 3. The van der Waals surface area contributed by atoms with Crippen LogP contribution in [0.5, 0.6) is 0 Å². The smallest absolute Gasteiger partial charge is 0.211 e.